The van der Waals surface area contributed by atoms with Crippen molar-refractivity contribution in [3.8, 4) is 0 Å². The summed E-state index contributed by atoms with van der Waals surface area (Å²) in [5.74, 6) is 0. The molecule has 4 heteroatoms. The van der Waals surface area contributed by atoms with Gasteiger partial charge in [-0.15, -0.1) is 0 Å². The Hall–Kier alpha value is -2.07. The van der Waals surface area contributed by atoms with Gasteiger partial charge in [-0.05, 0) is 36.2 Å². The minimum atomic E-state index is 0.175. The Balaban J connectivity index is 2.03. The molecule has 2 N–H and O–H groups in total. The molecule has 2 heterocycles. The molecule has 0 radical (unpaired) electrons. The van der Waals surface area contributed by atoms with Crippen LogP contribution in [-0.4, -0.2) is 31.7 Å². The molecule has 21 heavy (non-hydrogen) atoms. The number of pyridine rings is 1. The fraction of sp³-hybridized carbons (Fsp3) is 0.353. The molecule has 0 fully saturated rings. The van der Waals surface area contributed by atoms with Crippen molar-refractivity contribution in [3.05, 3.63) is 53.9 Å². The molecule has 0 aliphatic carbocycles. The first kappa shape index (κ1) is 13.9. The Bertz CT molecular complexity index is 626. The van der Waals surface area contributed by atoms with Gasteiger partial charge < -0.3 is 15.5 Å². The number of hydrogen-bond acceptors (Lipinski definition) is 4. The quantitative estimate of drug-likeness (QED) is 0.938. The molecule has 1 aromatic carbocycles. The van der Waals surface area contributed by atoms with E-state index >= 15 is 0 Å². The van der Waals surface area contributed by atoms with Crippen LogP contribution >= 0.6 is 0 Å². The predicted molar refractivity (Wildman–Crippen MR) is 87.8 cm³/mol. The van der Waals surface area contributed by atoms with Gasteiger partial charge in [-0.25, -0.2) is 0 Å². The molecule has 3 rings (SSSR count). The van der Waals surface area contributed by atoms with Gasteiger partial charge in [-0.2, -0.15) is 0 Å². The molecule has 0 saturated heterocycles. The molecular formula is C17H22N4. The van der Waals surface area contributed by atoms with Crippen LogP contribution in [-0.2, 0) is 0 Å². The normalized spacial score (nSPS) is 15.8. The van der Waals surface area contributed by atoms with Crippen molar-refractivity contribution < 1.29 is 0 Å². The zero-order valence-corrected chi connectivity index (χ0v) is 12.7. The summed E-state index contributed by atoms with van der Waals surface area (Å²) in [5, 5.41) is 0. The average molecular weight is 282 g/mol. The van der Waals surface area contributed by atoms with Gasteiger partial charge in [0, 0.05) is 39.1 Å². The zero-order chi connectivity index (χ0) is 14.8. The maximum absolute atomic E-state index is 6.11. The molecule has 1 unspecified atom stereocenters. The lowest BCUT2D eigenvalue weighted by molar-refractivity contribution is 0.606. The first-order valence-electron chi connectivity index (χ1n) is 7.39. The summed E-state index contributed by atoms with van der Waals surface area (Å²) in [6.07, 6.45) is 3.79. The Morgan fingerprint density at radius 3 is 2.67 bits per heavy atom. The van der Waals surface area contributed by atoms with E-state index in [1.807, 2.05) is 12.4 Å². The number of aromatic nitrogens is 1. The molecule has 110 valence electrons. The van der Waals surface area contributed by atoms with E-state index in [0.29, 0.717) is 6.54 Å². The second-order valence-electron chi connectivity index (χ2n) is 5.59. The first-order chi connectivity index (χ1) is 10.2. The van der Waals surface area contributed by atoms with Crippen molar-refractivity contribution in [2.24, 2.45) is 5.73 Å². The van der Waals surface area contributed by atoms with Gasteiger partial charge in [0.05, 0.1) is 17.4 Å². The number of anilines is 2. The molecule has 0 bridgehead atoms. The summed E-state index contributed by atoms with van der Waals surface area (Å²) in [7, 11) is 2.14. The highest BCUT2D eigenvalue weighted by atomic mass is 15.3. The van der Waals surface area contributed by atoms with Crippen LogP contribution in [0.25, 0.3) is 0 Å². The summed E-state index contributed by atoms with van der Waals surface area (Å²) < 4.78 is 0. The van der Waals surface area contributed by atoms with Crippen molar-refractivity contribution in [2.45, 2.75) is 13.0 Å². The fourth-order valence-corrected chi connectivity index (χ4v) is 3.10. The highest BCUT2D eigenvalue weighted by molar-refractivity contribution is 5.73. The summed E-state index contributed by atoms with van der Waals surface area (Å²) in [4.78, 5) is 9.00. The van der Waals surface area contributed by atoms with Crippen LogP contribution in [0.15, 0.2) is 42.7 Å². The summed E-state index contributed by atoms with van der Waals surface area (Å²) in [5.41, 5.74) is 11.1. The van der Waals surface area contributed by atoms with Gasteiger partial charge in [0.25, 0.3) is 0 Å². The van der Waals surface area contributed by atoms with Crippen molar-refractivity contribution >= 4 is 11.4 Å². The van der Waals surface area contributed by atoms with E-state index < -0.39 is 0 Å². The topological polar surface area (TPSA) is 45.4 Å². The highest BCUT2D eigenvalue weighted by Gasteiger charge is 2.27. The number of nitrogens with two attached hydrogens (primary N) is 1. The number of rotatable bonds is 3. The Morgan fingerprint density at radius 1 is 1.19 bits per heavy atom. The van der Waals surface area contributed by atoms with E-state index in [-0.39, 0.29) is 6.04 Å². The molecule has 4 nitrogen and oxygen atoms in total. The smallest absolute Gasteiger partial charge is 0.0683 e. The minimum Gasteiger partial charge on any atom is -0.371 e. The second-order valence-corrected chi connectivity index (χ2v) is 5.59. The number of aryl methyl sites for hydroxylation is 1. The number of likely N-dealkylation sites (N-methyl/N-ethyl adjacent to an activating group) is 1. The molecule has 0 amide bonds. The summed E-state index contributed by atoms with van der Waals surface area (Å²) in [6.45, 7) is 4.70. The highest BCUT2D eigenvalue weighted by Crippen LogP contribution is 2.37. The molecule has 0 spiro atoms. The van der Waals surface area contributed by atoms with Crippen LogP contribution in [0.1, 0.15) is 17.2 Å². The second kappa shape index (κ2) is 5.74. The lowest BCUT2D eigenvalue weighted by Gasteiger charge is -2.41. The number of para-hydroxylation sites is 2. The minimum absolute atomic E-state index is 0.175. The van der Waals surface area contributed by atoms with E-state index in [0.717, 1.165) is 13.1 Å². The largest absolute Gasteiger partial charge is 0.371 e. The van der Waals surface area contributed by atoms with E-state index in [1.54, 1.807) is 0 Å². The van der Waals surface area contributed by atoms with Crippen LogP contribution in [0.2, 0.25) is 0 Å². The molecule has 1 aromatic heterocycles. The van der Waals surface area contributed by atoms with Gasteiger partial charge >= 0.3 is 0 Å². The van der Waals surface area contributed by atoms with E-state index in [4.69, 9.17) is 5.73 Å². The Labute approximate surface area is 126 Å². The van der Waals surface area contributed by atoms with Crippen LogP contribution in [0.3, 0.4) is 0 Å². The van der Waals surface area contributed by atoms with Gasteiger partial charge in [-0.1, -0.05) is 12.1 Å². The SMILES string of the molecule is Cc1ccncc1C(CN)N1CCN(C)c2ccccc21. The van der Waals surface area contributed by atoms with Crippen molar-refractivity contribution in [1.82, 2.24) is 4.98 Å². The van der Waals surface area contributed by atoms with E-state index in [1.165, 1.54) is 22.5 Å². The van der Waals surface area contributed by atoms with Gasteiger partial charge in [0.1, 0.15) is 0 Å². The van der Waals surface area contributed by atoms with E-state index in [9.17, 15) is 0 Å². The standard InChI is InChI=1S/C17H22N4/c1-13-7-8-19-12-14(13)17(11-18)21-10-9-20(2)15-5-3-4-6-16(15)21/h3-8,12,17H,9-11,18H2,1-2H3. The lowest BCUT2D eigenvalue weighted by atomic mass is 10.0. The fourth-order valence-electron chi connectivity index (χ4n) is 3.10. The zero-order valence-electron chi connectivity index (χ0n) is 12.7. The Morgan fingerprint density at radius 2 is 1.95 bits per heavy atom. The number of hydrogen-bond donors (Lipinski definition) is 1. The molecule has 1 aliphatic heterocycles. The predicted octanol–water partition coefficient (Wildman–Crippen LogP) is 2.35. The third-order valence-corrected chi connectivity index (χ3v) is 4.32. The lowest BCUT2D eigenvalue weighted by Crippen LogP contribution is -2.43. The number of nitrogens with zero attached hydrogens (tertiary/aromatic N) is 3. The van der Waals surface area contributed by atoms with Crippen LogP contribution in [0.4, 0.5) is 11.4 Å². The Kier molecular flexibility index (Phi) is 3.80. The summed E-state index contributed by atoms with van der Waals surface area (Å²) >= 11 is 0. The molecule has 1 atom stereocenters. The van der Waals surface area contributed by atoms with Crippen LogP contribution < -0.4 is 15.5 Å². The molecule has 1 aliphatic rings. The first-order valence-corrected chi connectivity index (χ1v) is 7.39. The van der Waals surface area contributed by atoms with Crippen LogP contribution in [0, 0.1) is 6.92 Å². The van der Waals surface area contributed by atoms with Crippen molar-refractivity contribution in [3.63, 3.8) is 0 Å². The molecular weight excluding hydrogens is 260 g/mol. The summed E-state index contributed by atoms with van der Waals surface area (Å²) in [6, 6.07) is 10.8. The van der Waals surface area contributed by atoms with E-state index in [2.05, 4.69) is 59.1 Å². The average Bonchev–Trinajstić information content (AvgIpc) is 2.52. The van der Waals surface area contributed by atoms with Crippen LogP contribution in [0.5, 0.6) is 0 Å². The third-order valence-electron chi connectivity index (χ3n) is 4.32. The number of benzene rings is 1. The number of fused-ring (bicyclic) bond motifs is 1. The van der Waals surface area contributed by atoms with Crippen molar-refractivity contribution in [1.29, 1.82) is 0 Å². The van der Waals surface area contributed by atoms with Gasteiger partial charge in [0.2, 0.25) is 0 Å². The molecule has 2 aromatic rings. The van der Waals surface area contributed by atoms with Crippen molar-refractivity contribution in [2.75, 3.05) is 36.5 Å². The third kappa shape index (κ3) is 2.47. The maximum Gasteiger partial charge on any atom is 0.0683 e. The monoisotopic (exact) mass is 282 g/mol. The molecule has 0 saturated carbocycles. The van der Waals surface area contributed by atoms with Gasteiger partial charge in [0.15, 0.2) is 0 Å². The van der Waals surface area contributed by atoms with Gasteiger partial charge in [-0.3, -0.25) is 4.98 Å². The maximum atomic E-state index is 6.11.